The first-order valence-electron chi connectivity index (χ1n) is 9.81. The number of nitrogens with zero attached hydrogens (tertiary/aromatic N) is 3. The van der Waals surface area contributed by atoms with Gasteiger partial charge in [-0.15, -0.1) is 16.8 Å². The van der Waals surface area contributed by atoms with Crippen molar-refractivity contribution in [3.63, 3.8) is 0 Å². The van der Waals surface area contributed by atoms with Crippen LogP contribution in [0.4, 0.5) is 5.69 Å². The van der Waals surface area contributed by atoms with Crippen molar-refractivity contribution in [1.82, 2.24) is 14.8 Å². The van der Waals surface area contributed by atoms with E-state index in [1.165, 1.54) is 17.3 Å². The number of nitrogens with one attached hydrogen (secondary N) is 1. The summed E-state index contributed by atoms with van der Waals surface area (Å²) in [6.07, 6.45) is 2.75. The van der Waals surface area contributed by atoms with Gasteiger partial charge in [-0.25, -0.2) is 0 Å². The molecule has 6 nitrogen and oxygen atoms in total. The third-order valence-electron chi connectivity index (χ3n) is 4.66. The molecule has 0 spiro atoms. The van der Waals surface area contributed by atoms with Crippen LogP contribution in [0.3, 0.4) is 0 Å². The topological polar surface area (TPSA) is 69.0 Å². The van der Waals surface area contributed by atoms with E-state index < -0.39 is 0 Å². The van der Waals surface area contributed by atoms with E-state index in [1.54, 1.807) is 13.2 Å². The summed E-state index contributed by atoms with van der Waals surface area (Å²) in [6, 6.07) is 15.6. The number of anilines is 1. The molecule has 3 aromatic rings. The molecule has 0 aliphatic rings. The Morgan fingerprint density at radius 2 is 1.97 bits per heavy atom. The Bertz CT molecular complexity index is 1010. The zero-order valence-corrected chi connectivity index (χ0v) is 18.3. The maximum absolute atomic E-state index is 12.7. The maximum atomic E-state index is 12.7. The van der Waals surface area contributed by atoms with Gasteiger partial charge in [0.05, 0.1) is 17.9 Å². The Labute approximate surface area is 181 Å². The molecular formula is C23H26N4O2S. The first kappa shape index (κ1) is 21.6. The van der Waals surface area contributed by atoms with E-state index in [0.717, 1.165) is 17.7 Å². The summed E-state index contributed by atoms with van der Waals surface area (Å²) in [7, 11) is 1.63. The quantitative estimate of drug-likeness (QED) is 0.395. The molecule has 0 unspecified atom stereocenters. The van der Waals surface area contributed by atoms with Gasteiger partial charge in [0.1, 0.15) is 5.75 Å². The van der Waals surface area contributed by atoms with Gasteiger partial charge in [0.25, 0.3) is 0 Å². The fraction of sp³-hybridized carbons (Fsp3) is 0.261. The molecule has 1 N–H and O–H groups in total. The Kier molecular flexibility index (Phi) is 7.30. The van der Waals surface area contributed by atoms with Crippen LogP contribution in [-0.2, 0) is 17.8 Å². The van der Waals surface area contributed by atoms with Crippen molar-refractivity contribution in [2.45, 2.75) is 37.2 Å². The highest BCUT2D eigenvalue weighted by molar-refractivity contribution is 8.00. The predicted molar refractivity (Wildman–Crippen MR) is 122 cm³/mol. The molecule has 0 saturated heterocycles. The SMILES string of the molecule is C=CCn1c(S[C@@H](C)C(=O)Nc2ccc(CC)cc2)nnc1-c1ccccc1OC. The highest BCUT2D eigenvalue weighted by atomic mass is 32.2. The molecule has 0 radical (unpaired) electrons. The average molecular weight is 423 g/mol. The van der Waals surface area contributed by atoms with E-state index in [9.17, 15) is 4.79 Å². The smallest absolute Gasteiger partial charge is 0.237 e. The van der Waals surface area contributed by atoms with Crippen LogP contribution in [0.25, 0.3) is 11.4 Å². The fourth-order valence-corrected chi connectivity index (χ4v) is 3.84. The van der Waals surface area contributed by atoms with Crippen LogP contribution >= 0.6 is 11.8 Å². The van der Waals surface area contributed by atoms with E-state index in [1.807, 2.05) is 60.0 Å². The van der Waals surface area contributed by atoms with E-state index in [4.69, 9.17) is 4.74 Å². The second kappa shape index (κ2) is 10.1. The first-order valence-corrected chi connectivity index (χ1v) is 10.7. The molecule has 156 valence electrons. The summed E-state index contributed by atoms with van der Waals surface area (Å²) in [5.41, 5.74) is 2.86. The summed E-state index contributed by atoms with van der Waals surface area (Å²) < 4.78 is 7.41. The number of amides is 1. The largest absolute Gasteiger partial charge is 0.496 e. The van der Waals surface area contributed by atoms with Crippen molar-refractivity contribution < 1.29 is 9.53 Å². The third-order valence-corrected chi connectivity index (χ3v) is 5.74. The molecule has 2 aromatic carbocycles. The van der Waals surface area contributed by atoms with Gasteiger partial charge in [-0.1, -0.05) is 49.0 Å². The Morgan fingerprint density at radius 1 is 1.23 bits per heavy atom. The lowest BCUT2D eigenvalue weighted by Gasteiger charge is -2.14. The number of hydrogen-bond acceptors (Lipinski definition) is 5. The van der Waals surface area contributed by atoms with Crippen molar-refractivity contribution in [2.24, 2.45) is 0 Å². The zero-order valence-electron chi connectivity index (χ0n) is 17.5. The molecule has 1 atom stereocenters. The number of aromatic nitrogens is 3. The van der Waals surface area contributed by atoms with Crippen molar-refractivity contribution in [3.8, 4) is 17.1 Å². The molecule has 0 bridgehead atoms. The normalized spacial score (nSPS) is 11.7. The Hall–Kier alpha value is -3.06. The van der Waals surface area contributed by atoms with Gasteiger partial charge < -0.3 is 10.1 Å². The second-order valence-electron chi connectivity index (χ2n) is 6.71. The number of benzene rings is 2. The average Bonchev–Trinajstić information content (AvgIpc) is 3.16. The standard InChI is InChI=1S/C23H26N4O2S/c1-5-15-27-21(19-9-7-8-10-20(19)29-4)25-26-23(27)30-16(3)22(28)24-18-13-11-17(6-2)12-14-18/h5,7-14,16H,1,6,15H2,2-4H3,(H,24,28)/t16-/m0/s1. The van der Waals surface area contributed by atoms with E-state index in [0.29, 0.717) is 23.3 Å². The van der Waals surface area contributed by atoms with Gasteiger partial charge in [0, 0.05) is 12.2 Å². The van der Waals surface area contributed by atoms with Crippen LogP contribution in [0.5, 0.6) is 5.75 Å². The van der Waals surface area contributed by atoms with Crippen LogP contribution in [0.1, 0.15) is 19.4 Å². The molecule has 30 heavy (non-hydrogen) atoms. The van der Waals surface area contributed by atoms with Gasteiger partial charge in [-0.3, -0.25) is 9.36 Å². The zero-order chi connectivity index (χ0) is 21.5. The number of rotatable bonds is 9. The Morgan fingerprint density at radius 3 is 2.63 bits per heavy atom. The molecule has 1 heterocycles. The minimum absolute atomic E-state index is 0.0868. The summed E-state index contributed by atoms with van der Waals surface area (Å²) in [5.74, 6) is 1.31. The summed E-state index contributed by atoms with van der Waals surface area (Å²) in [5, 5.41) is 12.0. The number of carbonyl (C=O) groups excluding carboxylic acids is 1. The molecule has 1 aromatic heterocycles. The first-order chi connectivity index (χ1) is 14.6. The van der Waals surface area contributed by atoms with Crippen LogP contribution < -0.4 is 10.1 Å². The number of thioether (sulfide) groups is 1. The minimum atomic E-state index is -0.353. The van der Waals surface area contributed by atoms with Gasteiger partial charge >= 0.3 is 0 Å². The molecule has 7 heteroatoms. The molecule has 0 saturated carbocycles. The number of hydrogen-bond donors (Lipinski definition) is 1. The summed E-state index contributed by atoms with van der Waals surface area (Å²) in [4.78, 5) is 12.7. The van der Waals surface area contributed by atoms with E-state index >= 15 is 0 Å². The van der Waals surface area contributed by atoms with Crippen LogP contribution in [0.2, 0.25) is 0 Å². The predicted octanol–water partition coefficient (Wildman–Crippen LogP) is 4.82. The summed E-state index contributed by atoms with van der Waals surface area (Å²) >= 11 is 1.36. The number of ether oxygens (including phenoxy) is 1. The number of carbonyl (C=O) groups is 1. The molecule has 0 aliphatic heterocycles. The maximum Gasteiger partial charge on any atom is 0.237 e. The van der Waals surface area contributed by atoms with Gasteiger partial charge in [0.15, 0.2) is 11.0 Å². The second-order valence-corrected chi connectivity index (χ2v) is 8.01. The monoisotopic (exact) mass is 422 g/mol. The highest BCUT2D eigenvalue weighted by Crippen LogP contribution is 2.32. The molecule has 0 fully saturated rings. The van der Waals surface area contributed by atoms with Crippen molar-refractivity contribution in [2.75, 3.05) is 12.4 Å². The number of para-hydroxylation sites is 1. The van der Waals surface area contributed by atoms with Crippen LogP contribution in [0, 0.1) is 0 Å². The molecule has 1 amide bonds. The third kappa shape index (κ3) is 4.91. The lowest BCUT2D eigenvalue weighted by molar-refractivity contribution is -0.115. The van der Waals surface area contributed by atoms with Crippen LogP contribution in [-0.4, -0.2) is 33.0 Å². The van der Waals surface area contributed by atoms with E-state index in [-0.39, 0.29) is 11.2 Å². The molecular weight excluding hydrogens is 396 g/mol. The van der Waals surface area contributed by atoms with E-state index in [2.05, 4.69) is 29.0 Å². The number of methoxy groups -OCH3 is 1. The van der Waals surface area contributed by atoms with Gasteiger partial charge in [-0.05, 0) is 43.2 Å². The highest BCUT2D eigenvalue weighted by Gasteiger charge is 2.21. The van der Waals surface area contributed by atoms with Crippen molar-refractivity contribution >= 4 is 23.4 Å². The number of aryl methyl sites for hydroxylation is 1. The summed E-state index contributed by atoms with van der Waals surface area (Å²) in [6.45, 7) is 8.32. The molecule has 0 aliphatic carbocycles. The number of allylic oxidation sites excluding steroid dienone is 1. The fourth-order valence-electron chi connectivity index (χ4n) is 2.98. The minimum Gasteiger partial charge on any atom is -0.496 e. The van der Waals surface area contributed by atoms with Gasteiger partial charge in [-0.2, -0.15) is 0 Å². The van der Waals surface area contributed by atoms with Crippen LogP contribution in [0.15, 0.2) is 66.3 Å². The Balaban J connectivity index is 1.79. The lowest BCUT2D eigenvalue weighted by atomic mass is 10.1. The van der Waals surface area contributed by atoms with Gasteiger partial charge in [0.2, 0.25) is 5.91 Å². The molecule has 3 rings (SSSR count). The van der Waals surface area contributed by atoms with Crippen molar-refractivity contribution in [3.05, 3.63) is 66.7 Å². The lowest BCUT2D eigenvalue weighted by Crippen LogP contribution is -2.23. The van der Waals surface area contributed by atoms with Crippen molar-refractivity contribution in [1.29, 1.82) is 0 Å².